The van der Waals surface area contributed by atoms with Crippen molar-refractivity contribution in [1.82, 2.24) is 10.3 Å². The molecule has 3 N–H and O–H groups in total. The van der Waals surface area contributed by atoms with E-state index in [0.717, 1.165) is 17.8 Å². The summed E-state index contributed by atoms with van der Waals surface area (Å²) in [4.78, 5) is 13.9. The molecule has 0 bridgehead atoms. The minimum Gasteiger partial charge on any atom is -0.478 e. The fourth-order valence-electron chi connectivity index (χ4n) is 1.63. The van der Waals surface area contributed by atoms with Crippen LogP contribution in [0.3, 0.4) is 0 Å². The largest absolute Gasteiger partial charge is 0.478 e. The molecule has 0 aliphatic rings. The van der Waals surface area contributed by atoms with Crippen molar-refractivity contribution in [3.63, 3.8) is 0 Å². The molecule has 0 radical (unpaired) electrons. The SMILES string of the molecule is O=C(O)c1cccc(CNCc2ccc[nH]2)c1. The van der Waals surface area contributed by atoms with E-state index in [1.54, 1.807) is 18.2 Å². The number of nitrogens with one attached hydrogen (secondary N) is 2. The number of carboxylic acid groups (broad SMARTS) is 1. The number of aromatic carboxylic acids is 1. The molecule has 0 unspecified atom stereocenters. The summed E-state index contributed by atoms with van der Waals surface area (Å²) in [6.07, 6.45) is 1.88. The van der Waals surface area contributed by atoms with Crippen molar-refractivity contribution in [2.75, 3.05) is 0 Å². The third-order valence-corrected chi connectivity index (χ3v) is 2.48. The first-order valence-corrected chi connectivity index (χ1v) is 5.41. The highest BCUT2D eigenvalue weighted by molar-refractivity contribution is 5.87. The van der Waals surface area contributed by atoms with Gasteiger partial charge in [-0.1, -0.05) is 12.1 Å². The molecule has 0 fully saturated rings. The Morgan fingerprint density at radius 1 is 1.24 bits per heavy atom. The summed E-state index contributed by atoms with van der Waals surface area (Å²) < 4.78 is 0. The van der Waals surface area contributed by atoms with E-state index in [-0.39, 0.29) is 0 Å². The van der Waals surface area contributed by atoms with E-state index in [4.69, 9.17) is 5.11 Å². The average molecular weight is 230 g/mol. The van der Waals surface area contributed by atoms with Gasteiger partial charge in [-0.3, -0.25) is 0 Å². The number of carbonyl (C=O) groups is 1. The van der Waals surface area contributed by atoms with E-state index in [1.807, 2.05) is 24.4 Å². The summed E-state index contributed by atoms with van der Waals surface area (Å²) in [5.74, 6) is -0.892. The van der Waals surface area contributed by atoms with Crippen LogP contribution in [-0.2, 0) is 13.1 Å². The molecule has 1 aromatic carbocycles. The summed E-state index contributed by atoms with van der Waals surface area (Å²) >= 11 is 0. The van der Waals surface area contributed by atoms with Gasteiger partial charge in [0.05, 0.1) is 5.56 Å². The molecule has 1 aromatic heterocycles. The van der Waals surface area contributed by atoms with Crippen molar-refractivity contribution in [2.45, 2.75) is 13.1 Å². The monoisotopic (exact) mass is 230 g/mol. The fraction of sp³-hybridized carbons (Fsp3) is 0.154. The minimum atomic E-state index is -0.892. The molecule has 88 valence electrons. The van der Waals surface area contributed by atoms with Crippen LogP contribution in [0.2, 0.25) is 0 Å². The standard InChI is InChI=1S/C13H14N2O2/c16-13(17)11-4-1-3-10(7-11)8-14-9-12-5-2-6-15-12/h1-7,14-15H,8-9H2,(H,16,17). The topological polar surface area (TPSA) is 65.1 Å². The van der Waals surface area contributed by atoms with Crippen LogP contribution in [0.1, 0.15) is 21.6 Å². The highest BCUT2D eigenvalue weighted by Crippen LogP contribution is 2.05. The Morgan fingerprint density at radius 2 is 2.12 bits per heavy atom. The zero-order valence-corrected chi connectivity index (χ0v) is 9.31. The lowest BCUT2D eigenvalue weighted by Gasteiger charge is -2.04. The van der Waals surface area contributed by atoms with Gasteiger partial charge in [0.2, 0.25) is 0 Å². The molecule has 2 rings (SSSR count). The Hall–Kier alpha value is -2.07. The lowest BCUT2D eigenvalue weighted by atomic mass is 10.1. The van der Waals surface area contributed by atoms with Crippen molar-refractivity contribution in [3.8, 4) is 0 Å². The van der Waals surface area contributed by atoms with Gasteiger partial charge in [-0.15, -0.1) is 0 Å². The Morgan fingerprint density at radius 3 is 2.82 bits per heavy atom. The summed E-state index contributed by atoms with van der Waals surface area (Å²) in [6.45, 7) is 1.39. The first-order valence-electron chi connectivity index (χ1n) is 5.41. The third kappa shape index (κ3) is 3.19. The van der Waals surface area contributed by atoms with Crippen LogP contribution in [-0.4, -0.2) is 16.1 Å². The third-order valence-electron chi connectivity index (χ3n) is 2.48. The van der Waals surface area contributed by atoms with Crippen molar-refractivity contribution in [1.29, 1.82) is 0 Å². The zero-order valence-electron chi connectivity index (χ0n) is 9.31. The molecule has 0 aliphatic heterocycles. The molecule has 1 heterocycles. The van der Waals surface area contributed by atoms with Gasteiger partial charge in [0.15, 0.2) is 0 Å². The molecular weight excluding hydrogens is 216 g/mol. The maximum absolute atomic E-state index is 10.8. The Kier molecular flexibility index (Phi) is 3.57. The van der Waals surface area contributed by atoms with Crippen molar-refractivity contribution >= 4 is 5.97 Å². The van der Waals surface area contributed by atoms with Crippen LogP contribution in [0.4, 0.5) is 0 Å². The van der Waals surface area contributed by atoms with Gasteiger partial charge in [0.25, 0.3) is 0 Å². The predicted molar refractivity (Wildman–Crippen MR) is 64.7 cm³/mol. The van der Waals surface area contributed by atoms with Gasteiger partial charge >= 0.3 is 5.97 Å². The lowest BCUT2D eigenvalue weighted by molar-refractivity contribution is 0.0696. The number of aromatic nitrogens is 1. The summed E-state index contributed by atoms with van der Waals surface area (Å²) in [5.41, 5.74) is 2.40. The summed E-state index contributed by atoms with van der Waals surface area (Å²) in [5, 5.41) is 12.1. The van der Waals surface area contributed by atoms with Gasteiger partial charge in [-0.2, -0.15) is 0 Å². The van der Waals surface area contributed by atoms with Crippen LogP contribution >= 0.6 is 0 Å². The van der Waals surface area contributed by atoms with Crippen LogP contribution in [0.25, 0.3) is 0 Å². The number of hydrogen-bond acceptors (Lipinski definition) is 2. The maximum Gasteiger partial charge on any atom is 0.335 e. The second kappa shape index (κ2) is 5.32. The highest BCUT2D eigenvalue weighted by Gasteiger charge is 2.02. The van der Waals surface area contributed by atoms with Gasteiger partial charge in [-0.25, -0.2) is 4.79 Å². The molecule has 0 amide bonds. The molecule has 0 aliphatic carbocycles. The van der Waals surface area contributed by atoms with E-state index >= 15 is 0 Å². The number of rotatable bonds is 5. The number of benzene rings is 1. The molecule has 4 nitrogen and oxygen atoms in total. The Bertz CT molecular complexity index is 492. The molecule has 17 heavy (non-hydrogen) atoms. The van der Waals surface area contributed by atoms with Gasteiger partial charge in [0, 0.05) is 25.0 Å². The maximum atomic E-state index is 10.8. The number of hydrogen-bond donors (Lipinski definition) is 3. The molecule has 0 spiro atoms. The van der Waals surface area contributed by atoms with E-state index in [2.05, 4.69) is 10.3 Å². The van der Waals surface area contributed by atoms with Gasteiger partial charge in [-0.05, 0) is 29.8 Å². The zero-order chi connectivity index (χ0) is 12.1. The molecule has 2 aromatic rings. The van der Waals surface area contributed by atoms with E-state index in [0.29, 0.717) is 12.1 Å². The molecule has 0 saturated heterocycles. The van der Waals surface area contributed by atoms with Crippen molar-refractivity contribution in [2.24, 2.45) is 0 Å². The van der Waals surface area contributed by atoms with Crippen LogP contribution in [0.15, 0.2) is 42.6 Å². The highest BCUT2D eigenvalue weighted by atomic mass is 16.4. The Balaban J connectivity index is 1.90. The first-order chi connectivity index (χ1) is 8.25. The molecule has 0 atom stereocenters. The van der Waals surface area contributed by atoms with Crippen molar-refractivity contribution < 1.29 is 9.90 Å². The van der Waals surface area contributed by atoms with Crippen LogP contribution in [0, 0.1) is 0 Å². The second-order valence-electron chi connectivity index (χ2n) is 3.80. The molecule has 0 saturated carbocycles. The van der Waals surface area contributed by atoms with E-state index in [1.165, 1.54) is 0 Å². The Labute approximate surface area is 99.3 Å². The van der Waals surface area contributed by atoms with E-state index in [9.17, 15) is 4.79 Å². The summed E-state index contributed by atoms with van der Waals surface area (Å²) in [6, 6.07) is 10.9. The molecule has 4 heteroatoms. The average Bonchev–Trinajstić information content (AvgIpc) is 2.82. The fourth-order valence-corrected chi connectivity index (χ4v) is 1.63. The normalized spacial score (nSPS) is 10.4. The second-order valence-corrected chi connectivity index (χ2v) is 3.80. The summed E-state index contributed by atoms with van der Waals surface area (Å²) in [7, 11) is 0. The number of aromatic amines is 1. The van der Waals surface area contributed by atoms with Gasteiger partial charge in [0.1, 0.15) is 0 Å². The van der Waals surface area contributed by atoms with Crippen LogP contribution in [0.5, 0.6) is 0 Å². The lowest BCUT2D eigenvalue weighted by Crippen LogP contribution is -2.13. The quantitative estimate of drug-likeness (QED) is 0.736. The van der Waals surface area contributed by atoms with Gasteiger partial charge < -0.3 is 15.4 Å². The smallest absolute Gasteiger partial charge is 0.335 e. The number of carboxylic acids is 1. The van der Waals surface area contributed by atoms with Crippen LogP contribution < -0.4 is 5.32 Å². The molecular formula is C13H14N2O2. The van der Waals surface area contributed by atoms with E-state index < -0.39 is 5.97 Å². The number of H-pyrrole nitrogens is 1. The first kappa shape index (κ1) is 11.4. The predicted octanol–water partition coefficient (Wildman–Crippen LogP) is 2.00. The minimum absolute atomic E-state index is 0.323. The van der Waals surface area contributed by atoms with Crippen molar-refractivity contribution in [3.05, 3.63) is 59.4 Å².